The molecule has 0 bridgehead atoms. The topological polar surface area (TPSA) is 79.4 Å². The highest BCUT2D eigenvalue weighted by molar-refractivity contribution is 7.99. The molecule has 0 aliphatic heterocycles. The monoisotopic (exact) mass is 236 g/mol. The lowest BCUT2D eigenvalue weighted by Crippen LogP contribution is -2.03. The second kappa shape index (κ2) is 4.93. The van der Waals surface area contributed by atoms with Crippen LogP contribution in [0, 0.1) is 6.92 Å². The van der Waals surface area contributed by atoms with Gasteiger partial charge in [-0.25, -0.2) is 15.0 Å². The van der Waals surface area contributed by atoms with Gasteiger partial charge in [0.2, 0.25) is 5.95 Å². The SMILES string of the molecule is CCNc1ncc(C)c(Sc2ncn[nH]2)n1. The summed E-state index contributed by atoms with van der Waals surface area (Å²) >= 11 is 1.44. The molecule has 0 radical (unpaired) electrons. The lowest BCUT2D eigenvalue weighted by atomic mass is 10.4. The molecule has 0 saturated heterocycles. The van der Waals surface area contributed by atoms with Crippen molar-refractivity contribution >= 4 is 17.7 Å². The Morgan fingerprint density at radius 1 is 1.44 bits per heavy atom. The van der Waals surface area contributed by atoms with E-state index in [1.54, 1.807) is 6.20 Å². The third-order valence-electron chi connectivity index (χ3n) is 1.85. The standard InChI is InChI=1S/C9H12N6S/c1-3-10-8-11-4-6(2)7(14-8)16-9-12-5-13-15-9/h4-5H,3H2,1-2H3,(H,10,11,14)(H,12,13,15). The smallest absolute Gasteiger partial charge is 0.223 e. The van der Waals surface area contributed by atoms with Gasteiger partial charge in [0, 0.05) is 18.3 Å². The van der Waals surface area contributed by atoms with Crippen LogP contribution in [0.1, 0.15) is 12.5 Å². The van der Waals surface area contributed by atoms with E-state index in [9.17, 15) is 0 Å². The molecule has 6 nitrogen and oxygen atoms in total. The van der Waals surface area contributed by atoms with Gasteiger partial charge in [-0.15, -0.1) is 0 Å². The zero-order valence-corrected chi connectivity index (χ0v) is 9.88. The second-order valence-corrected chi connectivity index (χ2v) is 4.08. The zero-order valence-electron chi connectivity index (χ0n) is 9.06. The van der Waals surface area contributed by atoms with Crippen LogP contribution in [0.2, 0.25) is 0 Å². The van der Waals surface area contributed by atoms with Gasteiger partial charge < -0.3 is 5.32 Å². The number of hydrogen-bond acceptors (Lipinski definition) is 6. The second-order valence-electron chi connectivity index (χ2n) is 3.10. The van der Waals surface area contributed by atoms with Crippen molar-refractivity contribution in [2.45, 2.75) is 24.0 Å². The first-order valence-corrected chi connectivity index (χ1v) is 5.72. The normalized spacial score (nSPS) is 10.4. The molecule has 16 heavy (non-hydrogen) atoms. The Morgan fingerprint density at radius 2 is 2.31 bits per heavy atom. The summed E-state index contributed by atoms with van der Waals surface area (Å²) in [7, 11) is 0. The Bertz CT molecular complexity index is 455. The van der Waals surface area contributed by atoms with Crippen LogP contribution >= 0.6 is 11.8 Å². The van der Waals surface area contributed by atoms with E-state index in [1.807, 2.05) is 13.8 Å². The van der Waals surface area contributed by atoms with Crippen LogP contribution in [0.4, 0.5) is 5.95 Å². The molecular formula is C9H12N6S. The molecule has 2 aromatic rings. The van der Waals surface area contributed by atoms with Crippen LogP contribution in [0.5, 0.6) is 0 Å². The largest absolute Gasteiger partial charge is 0.354 e. The number of aromatic nitrogens is 5. The maximum Gasteiger partial charge on any atom is 0.223 e. The van der Waals surface area contributed by atoms with E-state index in [4.69, 9.17) is 0 Å². The Morgan fingerprint density at radius 3 is 3.00 bits per heavy atom. The van der Waals surface area contributed by atoms with Crippen molar-refractivity contribution in [3.63, 3.8) is 0 Å². The molecule has 2 aromatic heterocycles. The Hall–Kier alpha value is -1.63. The van der Waals surface area contributed by atoms with E-state index in [0.29, 0.717) is 5.95 Å². The van der Waals surface area contributed by atoms with E-state index in [0.717, 1.165) is 22.3 Å². The fraction of sp³-hybridized carbons (Fsp3) is 0.333. The predicted octanol–water partition coefficient (Wildman–Crippen LogP) is 1.49. The first kappa shape index (κ1) is 10.9. The minimum Gasteiger partial charge on any atom is -0.354 e. The minimum atomic E-state index is 0.634. The third kappa shape index (κ3) is 2.48. The molecule has 0 spiro atoms. The Kier molecular flexibility index (Phi) is 3.35. The van der Waals surface area contributed by atoms with Gasteiger partial charge in [0.05, 0.1) is 0 Å². The molecule has 0 fully saturated rings. The number of H-pyrrole nitrogens is 1. The molecule has 0 atom stereocenters. The predicted molar refractivity (Wildman–Crippen MR) is 61.4 cm³/mol. The molecule has 0 unspecified atom stereocenters. The summed E-state index contributed by atoms with van der Waals surface area (Å²) in [4.78, 5) is 12.6. The molecular weight excluding hydrogens is 224 g/mol. The number of aromatic amines is 1. The number of nitrogens with one attached hydrogen (secondary N) is 2. The molecule has 0 saturated carbocycles. The van der Waals surface area contributed by atoms with Crippen molar-refractivity contribution in [3.05, 3.63) is 18.1 Å². The average Bonchev–Trinajstić information content (AvgIpc) is 2.76. The van der Waals surface area contributed by atoms with Crippen molar-refractivity contribution in [2.24, 2.45) is 0 Å². The van der Waals surface area contributed by atoms with Crippen molar-refractivity contribution in [3.8, 4) is 0 Å². The summed E-state index contributed by atoms with van der Waals surface area (Å²) in [5.74, 6) is 0.634. The molecule has 0 aliphatic rings. The van der Waals surface area contributed by atoms with Crippen LogP contribution in [0.25, 0.3) is 0 Å². The molecule has 0 aromatic carbocycles. The van der Waals surface area contributed by atoms with Gasteiger partial charge in [-0.05, 0) is 25.6 Å². The maximum atomic E-state index is 4.39. The summed E-state index contributed by atoms with van der Waals surface area (Å²) in [6.45, 7) is 4.77. The molecule has 84 valence electrons. The van der Waals surface area contributed by atoms with Crippen molar-refractivity contribution in [1.29, 1.82) is 0 Å². The molecule has 2 rings (SSSR count). The highest BCUT2D eigenvalue weighted by Gasteiger charge is 2.07. The maximum absolute atomic E-state index is 4.39. The lowest BCUT2D eigenvalue weighted by Gasteiger charge is -2.05. The van der Waals surface area contributed by atoms with Crippen LogP contribution in [-0.2, 0) is 0 Å². The first-order chi connectivity index (χ1) is 7.79. The zero-order chi connectivity index (χ0) is 11.4. The Labute approximate surface area is 97.3 Å². The van der Waals surface area contributed by atoms with Crippen molar-refractivity contribution in [2.75, 3.05) is 11.9 Å². The van der Waals surface area contributed by atoms with Crippen LogP contribution < -0.4 is 5.32 Å². The fourth-order valence-electron chi connectivity index (χ4n) is 1.11. The summed E-state index contributed by atoms with van der Waals surface area (Å²) in [5, 5.41) is 11.3. The summed E-state index contributed by atoms with van der Waals surface area (Å²) in [6.07, 6.45) is 3.27. The summed E-state index contributed by atoms with van der Waals surface area (Å²) < 4.78 is 0. The lowest BCUT2D eigenvalue weighted by molar-refractivity contribution is 0.949. The minimum absolute atomic E-state index is 0.634. The third-order valence-corrected chi connectivity index (χ3v) is 2.84. The van der Waals surface area contributed by atoms with Crippen LogP contribution in [0.3, 0.4) is 0 Å². The number of anilines is 1. The molecule has 2 N–H and O–H groups in total. The van der Waals surface area contributed by atoms with Gasteiger partial charge in [-0.2, -0.15) is 5.10 Å². The van der Waals surface area contributed by atoms with E-state index in [1.165, 1.54) is 18.1 Å². The quantitative estimate of drug-likeness (QED) is 0.783. The van der Waals surface area contributed by atoms with Crippen molar-refractivity contribution < 1.29 is 0 Å². The number of rotatable bonds is 4. The van der Waals surface area contributed by atoms with Gasteiger partial charge >= 0.3 is 0 Å². The summed E-state index contributed by atoms with van der Waals surface area (Å²) in [6, 6.07) is 0. The van der Waals surface area contributed by atoms with E-state index in [2.05, 4.69) is 30.5 Å². The van der Waals surface area contributed by atoms with Crippen molar-refractivity contribution in [1.82, 2.24) is 25.1 Å². The van der Waals surface area contributed by atoms with Gasteiger partial charge in [0.15, 0.2) is 5.16 Å². The number of hydrogen-bond donors (Lipinski definition) is 2. The molecule has 7 heteroatoms. The van der Waals surface area contributed by atoms with Gasteiger partial charge in [-0.3, -0.25) is 5.10 Å². The van der Waals surface area contributed by atoms with Gasteiger partial charge in [-0.1, -0.05) is 0 Å². The molecule has 0 aliphatic carbocycles. The van der Waals surface area contributed by atoms with Gasteiger partial charge in [0.25, 0.3) is 0 Å². The van der Waals surface area contributed by atoms with E-state index < -0.39 is 0 Å². The highest BCUT2D eigenvalue weighted by atomic mass is 32.2. The average molecular weight is 236 g/mol. The number of nitrogens with zero attached hydrogens (tertiary/aromatic N) is 4. The first-order valence-electron chi connectivity index (χ1n) is 4.90. The van der Waals surface area contributed by atoms with Crippen LogP contribution in [-0.4, -0.2) is 31.7 Å². The molecule has 0 amide bonds. The number of aryl methyl sites for hydroxylation is 1. The fourth-order valence-corrected chi connectivity index (χ4v) is 1.84. The Balaban J connectivity index is 2.21. The van der Waals surface area contributed by atoms with Crippen LogP contribution in [0.15, 0.2) is 22.7 Å². The van der Waals surface area contributed by atoms with E-state index >= 15 is 0 Å². The van der Waals surface area contributed by atoms with Gasteiger partial charge in [0.1, 0.15) is 11.4 Å². The van der Waals surface area contributed by atoms with E-state index in [-0.39, 0.29) is 0 Å². The highest BCUT2D eigenvalue weighted by Crippen LogP contribution is 2.25. The summed E-state index contributed by atoms with van der Waals surface area (Å²) in [5.41, 5.74) is 1.02. The molecule has 2 heterocycles.